The minimum atomic E-state index is -0.106. The van der Waals surface area contributed by atoms with Gasteiger partial charge in [0.15, 0.2) is 0 Å². The molecule has 11 rings (SSSR count). The third kappa shape index (κ3) is 13.0. The third-order valence-corrected chi connectivity index (χ3v) is 24.8. The smallest absolute Gasteiger partial charge is 0.0572 e. The molecular weight excluding hydrogens is 1460 g/mol. The number of hydrogen-bond acceptors (Lipinski definition) is 12. The molecule has 0 saturated carbocycles. The van der Waals surface area contributed by atoms with Gasteiger partial charge in [0.2, 0.25) is 0 Å². The molecule has 1 aliphatic rings. The first kappa shape index (κ1) is 61.2. The van der Waals surface area contributed by atoms with Gasteiger partial charge in [0.05, 0.1) is 23.5 Å². The van der Waals surface area contributed by atoms with E-state index in [4.69, 9.17) is 17.5 Å². The monoisotopic (exact) mass is 1530 g/mol. The Hall–Kier alpha value is -2.34. The van der Waals surface area contributed by atoms with Crippen molar-refractivity contribution in [3.63, 3.8) is 0 Å². The average molecular weight is 1530 g/mol. The second kappa shape index (κ2) is 28.5. The Kier molecular flexibility index (Phi) is 22.1. The van der Waals surface area contributed by atoms with E-state index >= 15 is 0 Å². The summed E-state index contributed by atoms with van der Waals surface area (Å²) in [6, 6.07) is 35.8. The predicted octanol–water partition coefficient (Wildman–Crippen LogP) is 23.4. The summed E-state index contributed by atoms with van der Waals surface area (Å²) in [4.78, 5) is 16.2. The Morgan fingerprint density at radius 3 is 1.23 bits per heavy atom. The molecule has 0 aliphatic heterocycles. The number of fused-ring (bicyclic) bond motifs is 5. The molecule has 2 aromatic carbocycles. The number of hydrogen-bond donors (Lipinski definition) is 0. The minimum absolute atomic E-state index is 0. The molecule has 79 heavy (non-hydrogen) atoms. The van der Waals surface area contributed by atoms with Crippen molar-refractivity contribution in [3.8, 4) is 71.0 Å². The van der Waals surface area contributed by atoms with Crippen molar-refractivity contribution in [1.82, 2.24) is 17.5 Å². The predicted molar refractivity (Wildman–Crippen MR) is 344 cm³/mol. The normalized spacial score (nSPS) is 13.5. The zero-order valence-electron chi connectivity index (χ0n) is 46.6. The van der Waals surface area contributed by atoms with E-state index in [1.165, 1.54) is 222 Å². The first-order chi connectivity index (χ1) is 37.9. The molecule has 414 valence electrons. The van der Waals surface area contributed by atoms with E-state index in [2.05, 4.69) is 126 Å². The fourth-order valence-corrected chi connectivity index (χ4v) is 20.1. The first-order valence-electron chi connectivity index (χ1n) is 28.9. The molecule has 0 spiro atoms. The Morgan fingerprint density at radius 2 is 0.810 bits per heavy atom. The van der Waals surface area contributed by atoms with Crippen LogP contribution in [0.5, 0.6) is 0 Å². The van der Waals surface area contributed by atoms with Crippen molar-refractivity contribution >= 4 is 114 Å². The molecule has 1 aliphatic carbocycles. The fourth-order valence-electron chi connectivity index (χ4n) is 12.0. The van der Waals surface area contributed by atoms with E-state index in [9.17, 15) is 0 Å². The molecule has 0 radical (unpaired) electrons. The summed E-state index contributed by atoms with van der Waals surface area (Å²) in [7, 11) is 0. The number of unbranched alkanes of at least 4 members (excludes halogenated alkanes) is 8. The van der Waals surface area contributed by atoms with Gasteiger partial charge < -0.3 is 0 Å². The summed E-state index contributed by atoms with van der Waals surface area (Å²) in [6.07, 6.45) is 25.0. The topological polar surface area (TPSA) is 51.6 Å². The van der Waals surface area contributed by atoms with Crippen LogP contribution in [-0.4, -0.2) is 17.5 Å². The number of thiophene rings is 6. The Morgan fingerprint density at radius 1 is 0.418 bits per heavy atom. The van der Waals surface area contributed by atoms with Gasteiger partial charge in [0.1, 0.15) is 0 Å². The van der Waals surface area contributed by atoms with Crippen LogP contribution in [0.2, 0.25) is 0 Å². The summed E-state index contributed by atoms with van der Waals surface area (Å²) in [5.41, 5.74) is 11.3. The van der Waals surface area contributed by atoms with Crippen LogP contribution in [0.4, 0.5) is 0 Å². The molecule has 0 saturated heterocycles. The molecule has 8 aromatic heterocycles. The van der Waals surface area contributed by atoms with E-state index in [-0.39, 0.29) is 47.5 Å². The standard InChI is InChI=1S/C65H72N4S8.2W/c1-7-13-17-19-23-43-25-31-53(70-43)55-35-33-51(72-55)45-27-29-47(61-59(45)66-76-68-61)57-37-49-63(74-57)64-50(65(49,39-41(11-5)21-15-9-3)40-42(12-6)22-16-10-4)38-58(75-64)48-30-28-46(60-62(48)69-77-67-60)52-34-36-56(73-52)54-32-26-44(71-54)24-20-18-14-8-2;;/h25-28,31-38,41-42H,7-24,39-40H2,1-6H3;;/q-2;;. The van der Waals surface area contributed by atoms with Gasteiger partial charge in [0.25, 0.3) is 0 Å². The van der Waals surface area contributed by atoms with Crippen molar-refractivity contribution in [2.75, 3.05) is 0 Å². The SMILES string of the molecule is CCCCCCc1ccc(-c2ccc(-c3c[c-]c(-c4cc5c(s4)-c4sc(-c6[c-]cc(-c7ccc(-c8ccc(CCCCCC)s8)s7)c7nsnc67)cc4C5(CC(CC)CCCC)CC(CC)CCCC)c4nsnc34)s2)s1.[W].[W]. The second-order valence-corrected chi connectivity index (χ2v) is 29.3. The van der Waals surface area contributed by atoms with E-state index < -0.39 is 0 Å². The maximum atomic E-state index is 5.07. The van der Waals surface area contributed by atoms with E-state index in [1.807, 2.05) is 68.0 Å². The first-order valence-corrected chi connectivity index (χ1v) is 35.2. The molecule has 0 N–H and O–H groups in total. The van der Waals surface area contributed by atoms with Crippen LogP contribution in [-0.2, 0) is 60.4 Å². The Balaban J connectivity index is 0.00000378. The van der Waals surface area contributed by atoms with Crippen molar-refractivity contribution < 1.29 is 42.1 Å². The van der Waals surface area contributed by atoms with Gasteiger partial charge in [-0.25, -0.2) is 8.75 Å². The molecule has 8 heterocycles. The number of aryl methyl sites for hydroxylation is 2. The Bertz CT molecular complexity index is 3310. The van der Waals surface area contributed by atoms with Crippen LogP contribution < -0.4 is 0 Å². The van der Waals surface area contributed by atoms with Crippen LogP contribution >= 0.6 is 91.5 Å². The molecular formula is C65H72N4S8W2-2. The zero-order valence-corrected chi connectivity index (χ0v) is 59.0. The maximum absolute atomic E-state index is 5.07. The molecule has 14 heteroatoms. The molecule has 2 atom stereocenters. The largest absolute Gasteiger partial charge is 0.224 e. The van der Waals surface area contributed by atoms with E-state index in [0.717, 1.165) is 44.3 Å². The molecule has 10 aromatic rings. The van der Waals surface area contributed by atoms with Crippen LogP contribution in [0, 0.1) is 24.0 Å². The van der Waals surface area contributed by atoms with Crippen molar-refractivity contribution in [2.24, 2.45) is 11.8 Å². The molecule has 0 fully saturated rings. The maximum Gasteiger partial charge on any atom is 0.0572 e. The van der Waals surface area contributed by atoms with Crippen molar-refractivity contribution in [3.05, 3.63) is 106 Å². The Labute approximate surface area is 531 Å². The average Bonchev–Trinajstić information content (AvgIpc) is 3.39. The van der Waals surface area contributed by atoms with Gasteiger partial charge in [-0.05, 0) is 117 Å². The van der Waals surface area contributed by atoms with Crippen molar-refractivity contribution in [2.45, 2.75) is 175 Å². The quantitative estimate of drug-likeness (QED) is 0.0362. The van der Waals surface area contributed by atoms with E-state index in [0.29, 0.717) is 11.8 Å². The summed E-state index contributed by atoms with van der Waals surface area (Å²) in [5.74, 6) is 1.27. The summed E-state index contributed by atoms with van der Waals surface area (Å²) < 4.78 is 20.2. The van der Waals surface area contributed by atoms with Crippen LogP contribution in [0.1, 0.15) is 178 Å². The van der Waals surface area contributed by atoms with Gasteiger partial charge in [-0.2, -0.15) is 31.4 Å². The fraction of sp³-hybridized carbons (Fsp3) is 0.446. The second-order valence-electron chi connectivity index (χ2n) is 21.6. The zero-order chi connectivity index (χ0) is 52.9. The summed E-state index contributed by atoms with van der Waals surface area (Å²) in [6.45, 7) is 14.2. The van der Waals surface area contributed by atoms with Gasteiger partial charge in [-0.1, -0.05) is 167 Å². The number of rotatable bonds is 28. The van der Waals surface area contributed by atoms with Gasteiger partial charge in [-0.15, -0.1) is 80.7 Å². The summed E-state index contributed by atoms with van der Waals surface area (Å²) in [5, 5.41) is 0. The van der Waals surface area contributed by atoms with Crippen LogP contribution in [0.15, 0.2) is 72.8 Å². The van der Waals surface area contributed by atoms with E-state index in [1.54, 1.807) is 0 Å². The van der Waals surface area contributed by atoms with Crippen LogP contribution in [0.25, 0.3) is 93.1 Å². The number of aromatic nitrogens is 4. The third-order valence-electron chi connectivity index (χ3n) is 16.3. The molecule has 2 unspecified atom stereocenters. The molecule has 0 amide bonds. The molecule has 0 bridgehead atoms. The van der Waals surface area contributed by atoms with Crippen LogP contribution in [0.3, 0.4) is 0 Å². The van der Waals surface area contributed by atoms with Gasteiger partial charge in [-0.3, -0.25) is 0 Å². The van der Waals surface area contributed by atoms with Gasteiger partial charge >= 0.3 is 0 Å². The van der Waals surface area contributed by atoms with Gasteiger partial charge in [0, 0.05) is 109 Å². The number of benzene rings is 2. The summed E-state index contributed by atoms with van der Waals surface area (Å²) >= 11 is 14.2. The van der Waals surface area contributed by atoms with Crippen molar-refractivity contribution in [1.29, 1.82) is 0 Å². The number of nitrogens with zero attached hydrogens (tertiary/aromatic N) is 4. The minimum Gasteiger partial charge on any atom is -0.224 e. The molecule has 4 nitrogen and oxygen atoms in total.